The van der Waals surface area contributed by atoms with Crippen molar-refractivity contribution in [3.63, 3.8) is 0 Å². The van der Waals surface area contributed by atoms with Crippen LogP contribution >= 0.6 is 12.2 Å². The average molecular weight is 234 g/mol. The first-order valence-electron chi connectivity index (χ1n) is 5.19. The average Bonchev–Trinajstić information content (AvgIpc) is 2.60. The molecular weight excluding hydrogens is 220 g/mol. The highest BCUT2D eigenvalue weighted by Gasteiger charge is 2.11. The number of pyridine rings is 1. The van der Waals surface area contributed by atoms with Crippen LogP contribution in [-0.2, 0) is 0 Å². The van der Waals surface area contributed by atoms with E-state index in [2.05, 4.69) is 29.0 Å². The normalized spacial score (nSPS) is 11.0. The summed E-state index contributed by atoms with van der Waals surface area (Å²) in [5, 5.41) is 7.10. The van der Waals surface area contributed by atoms with Crippen LogP contribution in [0.4, 0.5) is 0 Å². The van der Waals surface area contributed by atoms with Gasteiger partial charge in [-0.15, -0.1) is 0 Å². The van der Waals surface area contributed by atoms with Crippen LogP contribution in [0.2, 0.25) is 0 Å². The van der Waals surface area contributed by atoms with Crippen molar-refractivity contribution < 1.29 is 0 Å². The summed E-state index contributed by atoms with van der Waals surface area (Å²) >= 11 is 5.21. The molecule has 0 fully saturated rings. The van der Waals surface area contributed by atoms with Crippen LogP contribution in [0.15, 0.2) is 18.3 Å². The summed E-state index contributed by atoms with van der Waals surface area (Å²) in [6, 6.07) is 4.23. The van der Waals surface area contributed by atoms with Crippen molar-refractivity contribution in [2.24, 2.45) is 0 Å². The number of nitrogens with one attached hydrogen (secondary N) is 1. The van der Waals surface area contributed by atoms with Crippen molar-refractivity contribution in [2.75, 3.05) is 0 Å². The van der Waals surface area contributed by atoms with Crippen molar-refractivity contribution in [1.29, 1.82) is 0 Å². The van der Waals surface area contributed by atoms with Gasteiger partial charge in [0.15, 0.2) is 10.6 Å². The second-order valence-corrected chi connectivity index (χ2v) is 4.39. The summed E-state index contributed by atoms with van der Waals surface area (Å²) in [6.45, 7) is 6.14. The summed E-state index contributed by atoms with van der Waals surface area (Å²) in [6.07, 6.45) is 1.78. The van der Waals surface area contributed by atoms with Gasteiger partial charge in [-0.25, -0.2) is 0 Å². The number of hydrogen-bond acceptors (Lipinski definition) is 3. The minimum Gasteiger partial charge on any atom is -0.298 e. The molecule has 0 aromatic carbocycles. The van der Waals surface area contributed by atoms with Crippen molar-refractivity contribution in [1.82, 2.24) is 19.7 Å². The Labute approximate surface area is 99.4 Å². The number of aromatic amines is 1. The van der Waals surface area contributed by atoms with E-state index in [1.54, 1.807) is 6.20 Å². The van der Waals surface area contributed by atoms with Crippen molar-refractivity contribution >= 4 is 12.2 Å². The van der Waals surface area contributed by atoms with Crippen LogP contribution in [0.5, 0.6) is 0 Å². The predicted octanol–water partition coefficient (Wildman–Crippen LogP) is 2.89. The fourth-order valence-electron chi connectivity index (χ4n) is 1.67. The molecule has 5 heteroatoms. The molecule has 0 amide bonds. The van der Waals surface area contributed by atoms with Gasteiger partial charge in [0.25, 0.3) is 0 Å². The van der Waals surface area contributed by atoms with Crippen LogP contribution < -0.4 is 0 Å². The molecule has 2 rings (SSSR count). The predicted molar refractivity (Wildman–Crippen MR) is 65.8 cm³/mol. The fraction of sp³-hybridized carbons (Fsp3) is 0.364. The van der Waals surface area contributed by atoms with E-state index in [1.807, 2.05) is 23.6 Å². The third kappa shape index (κ3) is 1.90. The molecule has 16 heavy (non-hydrogen) atoms. The topological polar surface area (TPSA) is 46.5 Å². The van der Waals surface area contributed by atoms with E-state index in [0.717, 1.165) is 17.1 Å². The Hall–Kier alpha value is -1.49. The van der Waals surface area contributed by atoms with Gasteiger partial charge in [0, 0.05) is 23.5 Å². The summed E-state index contributed by atoms with van der Waals surface area (Å²) in [5.74, 6) is 0.866. The molecule has 0 saturated heterocycles. The molecule has 0 aliphatic heterocycles. The SMILES string of the molecule is Cc1cc(-c2n[nH]c(=S)n2C(C)C)ccn1. The van der Waals surface area contributed by atoms with Gasteiger partial charge >= 0.3 is 0 Å². The van der Waals surface area contributed by atoms with Gasteiger partial charge < -0.3 is 0 Å². The van der Waals surface area contributed by atoms with Crippen LogP contribution in [0.1, 0.15) is 25.6 Å². The monoisotopic (exact) mass is 234 g/mol. The van der Waals surface area contributed by atoms with Gasteiger partial charge in [-0.2, -0.15) is 5.10 Å². The lowest BCUT2D eigenvalue weighted by Gasteiger charge is -2.10. The number of aryl methyl sites for hydroxylation is 1. The summed E-state index contributed by atoms with van der Waals surface area (Å²) in [5.41, 5.74) is 2.01. The minimum atomic E-state index is 0.287. The zero-order valence-corrected chi connectivity index (χ0v) is 10.4. The Morgan fingerprint density at radius 1 is 1.44 bits per heavy atom. The van der Waals surface area contributed by atoms with Crippen molar-refractivity contribution in [3.05, 3.63) is 28.8 Å². The molecule has 0 atom stereocenters. The molecule has 4 nitrogen and oxygen atoms in total. The minimum absolute atomic E-state index is 0.287. The molecule has 0 aliphatic carbocycles. The molecule has 2 heterocycles. The number of nitrogens with zero attached hydrogens (tertiary/aromatic N) is 3. The summed E-state index contributed by atoms with van der Waals surface area (Å²) < 4.78 is 2.66. The lowest BCUT2D eigenvalue weighted by atomic mass is 10.2. The maximum Gasteiger partial charge on any atom is 0.195 e. The van der Waals surface area contributed by atoms with E-state index >= 15 is 0 Å². The fourth-order valence-corrected chi connectivity index (χ4v) is 2.01. The zero-order valence-electron chi connectivity index (χ0n) is 9.56. The molecule has 0 saturated carbocycles. The number of aromatic nitrogens is 4. The number of H-pyrrole nitrogens is 1. The molecule has 0 bridgehead atoms. The molecular formula is C11H14N4S. The first-order chi connectivity index (χ1) is 7.59. The molecule has 84 valence electrons. The Balaban J connectivity index is 2.61. The molecule has 2 aromatic heterocycles. The largest absolute Gasteiger partial charge is 0.298 e. The third-order valence-corrected chi connectivity index (χ3v) is 2.66. The maximum absolute atomic E-state index is 5.21. The van der Waals surface area contributed by atoms with Gasteiger partial charge in [-0.1, -0.05) is 0 Å². The van der Waals surface area contributed by atoms with Crippen LogP contribution in [-0.4, -0.2) is 19.7 Å². The highest BCUT2D eigenvalue weighted by atomic mass is 32.1. The molecule has 0 unspecified atom stereocenters. The second-order valence-electron chi connectivity index (χ2n) is 4.00. The Kier molecular flexibility index (Phi) is 2.87. The molecule has 0 radical (unpaired) electrons. The van der Waals surface area contributed by atoms with E-state index in [1.165, 1.54) is 0 Å². The molecule has 0 spiro atoms. The van der Waals surface area contributed by atoms with Crippen LogP contribution in [0, 0.1) is 11.7 Å². The molecule has 1 N–H and O–H groups in total. The lowest BCUT2D eigenvalue weighted by Crippen LogP contribution is -2.03. The van der Waals surface area contributed by atoms with E-state index in [-0.39, 0.29) is 6.04 Å². The Morgan fingerprint density at radius 3 is 2.81 bits per heavy atom. The van der Waals surface area contributed by atoms with Gasteiger partial charge in [0.1, 0.15) is 0 Å². The summed E-state index contributed by atoms with van der Waals surface area (Å²) in [7, 11) is 0. The first kappa shape index (κ1) is 11.0. The van der Waals surface area contributed by atoms with Crippen LogP contribution in [0.25, 0.3) is 11.4 Å². The zero-order chi connectivity index (χ0) is 11.7. The smallest absolute Gasteiger partial charge is 0.195 e. The Bertz CT molecular complexity index is 553. The van der Waals surface area contributed by atoms with Gasteiger partial charge in [-0.3, -0.25) is 14.6 Å². The molecule has 0 aliphatic rings. The maximum atomic E-state index is 5.21. The Morgan fingerprint density at radius 2 is 2.19 bits per heavy atom. The van der Waals surface area contributed by atoms with E-state index in [4.69, 9.17) is 12.2 Å². The van der Waals surface area contributed by atoms with E-state index in [9.17, 15) is 0 Å². The van der Waals surface area contributed by atoms with E-state index < -0.39 is 0 Å². The number of hydrogen-bond donors (Lipinski definition) is 1. The first-order valence-corrected chi connectivity index (χ1v) is 5.60. The van der Waals surface area contributed by atoms with Crippen LogP contribution in [0.3, 0.4) is 0 Å². The second kappa shape index (κ2) is 4.17. The highest BCUT2D eigenvalue weighted by Crippen LogP contribution is 2.20. The highest BCUT2D eigenvalue weighted by molar-refractivity contribution is 7.71. The van der Waals surface area contributed by atoms with Gasteiger partial charge in [0.05, 0.1) is 0 Å². The van der Waals surface area contributed by atoms with Crippen molar-refractivity contribution in [2.45, 2.75) is 26.8 Å². The third-order valence-electron chi connectivity index (χ3n) is 2.38. The standard InChI is InChI=1S/C11H14N4S/c1-7(2)15-10(13-14-11(15)16)9-4-5-12-8(3)6-9/h4-7H,1-3H3,(H,14,16). The van der Waals surface area contributed by atoms with Gasteiger partial charge in [-0.05, 0) is 45.1 Å². The quantitative estimate of drug-likeness (QED) is 0.813. The molecule has 2 aromatic rings. The number of rotatable bonds is 2. The van der Waals surface area contributed by atoms with Gasteiger partial charge in [0.2, 0.25) is 0 Å². The van der Waals surface area contributed by atoms with E-state index in [0.29, 0.717) is 4.77 Å². The lowest BCUT2D eigenvalue weighted by molar-refractivity contribution is 0.597. The van der Waals surface area contributed by atoms with Crippen molar-refractivity contribution in [3.8, 4) is 11.4 Å². The summed E-state index contributed by atoms with van der Waals surface area (Å²) in [4.78, 5) is 4.17.